The highest BCUT2D eigenvalue weighted by Gasteiger charge is 2.07. The molecule has 0 spiro atoms. The van der Waals surface area contributed by atoms with E-state index in [1.807, 2.05) is 0 Å². The molecule has 0 aliphatic rings. The van der Waals surface area contributed by atoms with E-state index in [1.165, 1.54) is 0 Å². The maximum atomic E-state index is 11.8. The molecular formula is C14H20N2O4. The van der Waals surface area contributed by atoms with Gasteiger partial charge >= 0.3 is 0 Å². The van der Waals surface area contributed by atoms with Crippen molar-refractivity contribution in [2.75, 3.05) is 33.9 Å². The highest BCUT2D eigenvalue weighted by Crippen LogP contribution is 2.10. The number of nitrogens with one attached hydrogen (secondary N) is 2. The molecule has 0 saturated heterocycles. The molecule has 110 valence electrons. The standard InChI is InChI=1S/C14H20N2O4/c1-19-9-3-8-15-13(17)10-16-14(18)11-4-6-12(20-2)7-5-11/h4-7H,3,8-10H2,1-2H3,(H,15,17)(H,16,18). The van der Waals surface area contributed by atoms with E-state index in [0.29, 0.717) is 24.5 Å². The maximum Gasteiger partial charge on any atom is 0.251 e. The molecule has 0 aliphatic heterocycles. The molecule has 0 atom stereocenters. The molecule has 0 radical (unpaired) electrons. The Morgan fingerprint density at radius 1 is 1.10 bits per heavy atom. The normalized spacial score (nSPS) is 9.90. The first-order valence-electron chi connectivity index (χ1n) is 6.35. The molecule has 1 aromatic carbocycles. The molecule has 0 aliphatic carbocycles. The molecule has 2 N–H and O–H groups in total. The van der Waals surface area contributed by atoms with Gasteiger partial charge in [0.2, 0.25) is 5.91 Å². The van der Waals surface area contributed by atoms with Crippen LogP contribution in [0.15, 0.2) is 24.3 Å². The summed E-state index contributed by atoms with van der Waals surface area (Å²) in [5.74, 6) is 0.167. The zero-order valence-electron chi connectivity index (χ0n) is 11.8. The van der Waals surface area contributed by atoms with Gasteiger partial charge in [0, 0.05) is 25.8 Å². The van der Waals surface area contributed by atoms with Gasteiger partial charge in [-0.2, -0.15) is 0 Å². The number of hydrogen-bond donors (Lipinski definition) is 2. The number of amides is 2. The average Bonchev–Trinajstić information content (AvgIpc) is 2.49. The van der Waals surface area contributed by atoms with Gasteiger partial charge < -0.3 is 20.1 Å². The Morgan fingerprint density at radius 2 is 1.80 bits per heavy atom. The van der Waals surface area contributed by atoms with Gasteiger partial charge in [-0.15, -0.1) is 0 Å². The third kappa shape index (κ3) is 5.71. The van der Waals surface area contributed by atoms with Crippen molar-refractivity contribution in [2.45, 2.75) is 6.42 Å². The van der Waals surface area contributed by atoms with Crippen molar-refractivity contribution in [3.63, 3.8) is 0 Å². The van der Waals surface area contributed by atoms with E-state index in [2.05, 4.69) is 10.6 Å². The molecule has 20 heavy (non-hydrogen) atoms. The lowest BCUT2D eigenvalue weighted by Crippen LogP contribution is -2.37. The van der Waals surface area contributed by atoms with Gasteiger partial charge in [0.1, 0.15) is 5.75 Å². The van der Waals surface area contributed by atoms with Gasteiger partial charge in [-0.05, 0) is 30.7 Å². The number of benzene rings is 1. The van der Waals surface area contributed by atoms with E-state index in [-0.39, 0.29) is 18.4 Å². The van der Waals surface area contributed by atoms with Crippen LogP contribution in [0.4, 0.5) is 0 Å². The Hall–Kier alpha value is -2.08. The molecule has 6 heteroatoms. The predicted molar refractivity (Wildman–Crippen MR) is 74.8 cm³/mol. The third-order valence-electron chi connectivity index (χ3n) is 2.61. The number of rotatable bonds is 8. The number of hydrogen-bond acceptors (Lipinski definition) is 4. The average molecular weight is 280 g/mol. The summed E-state index contributed by atoms with van der Waals surface area (Å²) in [5.41, 5.74) is 0.484. The smallest absolute Gasteiger partial charge is 0.251 e. The largest absolute Gasteiger partial charge is 0.497 e. The fraction of sp³-hybridized carbons (Fsp3) is 0.429. The van der Waals surface area contributed by atoms with Crippen molar-refractivity contribution >= 4 is 11.8 Å². The Labute approximate surface area is 118 Å². The van der Waals surface area contributed by atoms with Crippen LogP contribution in [0, 0.1) is 0 Å². The maximum absolute atomic E-state index is 11.8. The summed E-state index contributed by atoms with van der Waals surface area (Å²) in [4.78, 5) is 23.2. The van der Waals surface area contributed by atoms with Crippen LogP contribution in [-0.4, -0.2) is 45.7 Å². The van der Waals surface area contributed by atoms with Gasteiger partial charge in [0.05, 0.1) is 13.7 Å². The summed E-state index contributed by atoms with van der Waals surface area (Å²) >= 11 is 0. The first-order valence-corrected chi connectivity index (χ1v) is 6.35. The lowest BCUT2D eigenvalue weighted by Gasteiger charge is -2.07. The number of carbonyl (C=O) groups excluding carboxylic acids is 2. The van der Waals surface area contributed by atoms with Crippen LogP contribution >= 0.6 is 0 Å². The minimum Gasteiger partial charge on any atom is -0.497 e. The quantitative estimate of drug-likeness (QED) is 0.683. The van der Waals surface area contributed by atoms with Crippen molar-refractivity contribution in [1.82, 2.24) is 10.6 Å². The van der Waals surface area contributed by atoms with E-state index in [9.17, 15) is 9.59 Å². The van der Waals surface area contributed by atoms with Crippen molar-refractivity contribution in [2.24, 2.45) is 0 Å². The van der Waals surface area contributed by atoms with Crippen LogP contribution < -0.4 is 15.4 Å². The minimum absolute atomic E-state index is 0.0438. The van der Waals surface area contributed by atoms with Crippen LogP contribution in [0.2, 0.25) is 0 Å². The summed E-state index contributed by atoms with van der Waals surface area (Å²) < 4.78 is 9.87. The van der Waals surface area contributed by atoms with Crippen molar-refractivity contribution in [3.05, 3.63) is 29.8 Å². The predicted octanol–water partition coefficient (Wildman–Crippen LogP) is 0.578. The second-order valence-electron chi connectivity index (χ2n) is 4.11. The molecule has 0 fully saturated rings. The molecule has 0 unspecified atom stereocenters. The second kappa shape index (κ2) is 8.92. The van der Waals surface area contributed by atoms with Crippen LogP contribution in [0.3, 0.4) is 0 Å². The van der Waals surface area contributed by atoms with E-state index >= 15 is 0 Å². The lowest BCUT2D eigenvalue weighted by atomic mass is 10.2. The van der Waals surface area contributed by atoms with Crippen molar-refractivity contribution in [3.8, 4) is 5.75 Å². The van der Waals surface area contributed by atoms with E-state index in [4.69, 9.17) is 9.47 Å². The Bertz CT molecular complexity index is 431. The molecule has 0 heterocycles. The SMILES string of the molecule is COCCCNC(=O)CNC(=O)c1ccc(OC)cc1. The summed E-state index contributed by atoms with van der Waals surface area (Å²) in [6, 6.07) is 6.68. The Balaban J connectivity index is 2.29. The molecule has 0 bridgehead atoms. The first kappa shape index (κ1) is 16.0. The summed E-state index contributed by atoms with van der Waals surface area (Å²) in [5, 5.41) is 5.24. The van der Waals surface area contributed by atoms with E-state index < -0.39 is 0 Å². The summed E-state index contributed by atoms with van der Waals surface area (Å²) in [7, 11) is 3.17. The molecular weight excluding hydrogens is 260 g/mol. The minimum atomic E-state index is -0.292. The zero-order valence-corrected chi connectivity index (χ0v) is 11.8. The molecule has 1 aromatic rings. The summed E-state index contributed by atoms with van der Waals surface area (Å²) in [6.45, 7) is 1.08. The highest BCUT2D eigenvalue weighted by atomic mass is 16.5. The monoisotopic (exact) mass is 280 g/mol. The van der Waals surface area contributed by atoms with Crippen molar-refractivity contribution < 1.29 is 19.1 Å². The van der Waals surface area contributed by atoms with Crippen LogP contribution in [-0.2, 0) is 9.53 Å². The van der Waals surface area contributed by atoms with E-state index in [0.717, 1.165) is 6.42 Å². The number of carbonyl (C=O) groups is 2. The third-order valence-corrected chi connectivity index (χ3v) is 2.61. The highest BCUT2D eigenvalue weighted by molar-refractivity contribution is 5.96. The van der Waals surface area contributed by atoms with Crippen LogP contribution in [0.25, 0.3) is 0 Å². The fourth-order valence-corrected chi connectivity index (χ4v) is 1.51. The number of methoxy groups -OCH3 is 2. The number of ether oxygens (including phenoxy) is 2. The first-order chi connectivity index (χ1) is 9.67. The van der Waals surface area contributed by atoms with Gasteiger partial charge in [0.25, 0.3) is 5.91 Å². The van der Waals surface area contributed by atoms with Gasteiger partial charge in [-0.3, -0.25) is 9.59 Å². The van der Waals surface area contributed by atoms with Gasteiger partial charge in [0.15, 0.2) is 0 Å². The lowest BCUT2D eigenvalue weighted by molar-refractivity contribution is -0.120. The van der Waals surface area contributed by atoms with Crippen LogP contribution in [0.5, 0.6) is 5.75 Å². The van der Waals surface area contributed by atoms with Gasteiger partial charge in [-0.1, -0.05) is 0 Å². The summed E-state index contributed by atoms with van der Waals surface area (Å²) in [6.07, 6.45) is 0.745. The Kier molecular flexibility index (Phi) is 7.13. The Morgan fingerprint density at radius 3 is 2.40 bits per heavy atom. The fourth-order valence-electron chi connectivity index (χ4n) is 1.51. The topological polar surface area (TPSA) is 76.7 Å². The molecule has 2 amide bonds. The molecule has 0 aromatic heterocycles. The van der Waals surface area contributed by atoms with Crippen molar-refractivity contribution in [1.29, 1.82) is 0 Å². The molecule has 6 nitrogen and oxygen atoms in total. The second-order valence-corrected chi connectivity index (χ2v) is 4.11. The molecule has 0 saturated carbocycles. The zero-order chi connectivity index (χ0) is 14.8. The van der Waals surface area contributed by atoms with E-state index in [1.54, 1.807) is 38.5 Å². The van der Waals surface area contributed by atoms with Gasteiger partial charge in [-0.25, -0.2) is 0 Å². The molecule has 1 rings (SSSR count). The van der Waals surface area contributed by atoms with Crippen LogP contribution in [0.1, 0.15) is 16.8 Å².